The fourth-order valence-electron chi connectivity index (χ4n) is 3.80. The Balaban J connectivity index is 1.81. The summed E-state index contributed by atoms with van der Waals surface area (Å²) in [5, 5.41) is 3.52. The van der Waals surface area contributed by atoms with Crippen molar-refractivity contribution < 1.29 is 8.78 Å². The van der Waals surface area contributed by atoms with Gasteiger partial charge in [0.2, 0.25) is 5.92 Å². The molecular weight excluding hydrogens is 220 g/mol. The number of hydrogen-bond donors (Lipinski definition) is 1. The van der Waals surface area contributed by atoms with E-state index in [-0.39, 0.29) is 18.8 Å². The Bertz CT molecular complexity index is 255. The van der Waals surface area contributed by atoms with Gasteiger partial charge in [-0.3, -0.25) is 0 Å². The van der Waals surface area contributed by atoms with Gasteiger partial charge in [-0.05, 0) is 50.0 Å². The molecule has 0 aromatic rings. The molecule has 0 aromatic heterocycles. The second kappa shape index (κ2) is 5.21. The van der Waals surface area contributed by atoms with Gasteiger partial charge in [-0.15, -0.1) is 0 Å². The van der Waals surface area contributed by atoms with Crippen LogP contribution in [-0.2, 0) is 0 Å². The van der Waals surface area contributed by atoms with Crippen LogP contribution < -0.4 is 5.32 Å². The molecule has 0 radical (unpaired) electrons. The lowest BCUT2D eigenvalue weighted by Gasteiger charge is -2.23. The van der Waals surface area contributed by atoms with Crippen molar-refractivity contribution in [3.63, 3.8) is 0 Å². The average Bonchev–Trinajstić information content (AvgIpc) is 2.76. The lowest BCUT2D eigenvalue weighted by atomic mass is 9.86. The molecule has 17 heavy (non-hydrogen) atoms. The predicted octanol–water partition coefficient (Wildman–Crippen LogP) is 3.84. The zero-order chi connectivity index (χ0) is 12.5. The summed E-state index contributed by atoms with van der Waals surface area (Å²) in [5.41, 5.74) is 0. The van der Waals surface area contributed by atoms with Crippen molar-refractivity contribution in [1.29, 1.82) is 0 Å². The molecule has 0 spiro atoms. The highest BCUT2D eigenvalue weighted by Crippen LogP contribution is 2.45. The number of alkyl halides is 2. The van der Waals surface area contributed by atoms with Crippen molar-refractivity contribution in [3.8, 4) is 0 Å². The monoisotopic (exact) mass is 245 g/mol. The van der Waals surface area contributed by atoms with Crippen LogP contribution in [0.4, 0.5) is 8.78 Å². The second-order valence-electron chi connectivity index (χ2n) is 6.06. The molecule has 3 heteroatoms. The van der Waals surface area contributed by atoms with Gasteiger partial charge in [0, 0.05) is 18.9 Å². The van der Waals surface area contributed by atoms with Crippen LogP contribution in [0.25, 0.3) is 0 Å². The van der Waals surface area contributed by atoms with Crippen LogP contribution in [0.2, 0.25) is 0 Å². The molecule has 0 amide bonds. The maximum Gasteiger partial charge on any atom is 0.248 e. The highest BCUT2D eigenvalue weighted by atomic mass is 19.3. The van der Waals surface area contributed by atoms with Crippen molar-refractivity contribution >= 4 is 0 Å². The van der Waals surface area contributed by atoms with E-state index in [0.717, 1.165) is 19.4 Å². The van der Waals surface area contributed by atoms with E-state index in [1.54, 1.807) is 0 Å². The van der Waals surface area contributed by atoms with E-state index in [2.05, 4.69) is 19.2 Å². The average molecular weight is 245 g/mol. The minimum absolute atomic E-state index is 0.120. The second-order valence-corrected chi connectivity index (χ2v) is 6.06. The SMILES string of the molecule is CCNC1CCC(CC2CCC(F)(F)C2)C1C. The van der Waals surface area contributed by atoms with E-state index in [1.165, 1.54) is 12.8 Å². The van der Waals surface area contributed by atoms with E-state index < -0.39 is 5.92 Å². The Morgan fingerprint density at radius 3 is 2.59 bits per heavy atom. The summed E-state index contributed by atoms with van der Waals surface area (Å²) >= 11 is 0. The van der Waals surface area contributed by atoms with Crippen molar-refractivity contribution in [2.45, 2.75) is 64.3 Å². The van der Waals surface area contributed by atoms with E-state index in [0.29, 0.717) is 17.9 Å². The molecule has 0 heterocycles. The molecule has 1 nitrogen and oxygen atoms in total. The van der Waals surface area contributed by atoms with Crippen LogP contribution in [0.5, 0.6) is 0 Å². The smallest absolute Gasteiger partial charge is 0.248 e. The van der Waals surface area contributed by atoms with Crippen LogP contribution in [-0.4, -0.2) is 18.5 Å². The third kappa shape index (κ3) is 3.18. The molecule has 1 N–H and O–H groups in total. The topological polar surface area (TPSA) is 12.0 Å². The zero-order valence-electron chi connectivity index (χ0n) is 11.0. The number of halogens is 2. The van der Waals surface area contributed by atoms with Gasteiger partial charge in [0.15, 0.2) is 0 Å². The maximum absolute atomic E-state index is 13.2. The Labute approximate surface area is 103 Å². The largest absolute Gasteiger partial charge is 0.314 e. The quantitative estimate of drug-likeness (QED) is 0.793. The molecule has 100 valence electrons. The molecule has 4 unspecified atom stereocenters. The highest BCUT2D eigenvalue weighted by molar-refractivity contribution is 4.90. The number of hydrogen-bond acceptors (Lipinski definition) is 1. The normalized spacial score (nSPS) is 40.9. The minimum Gasteiger partial charge on any atom is -0.314 e. The summed E-state index contributed by atoms with van der Waals surface area (Å²) < 4.78 is 26.3. The summed E-state index contributed by atoms with van der Waals surface area (Å²) in [5.74, 6) is -0.770. The molecule has 0 aliphatic heterocycles. The fraction of sp³-hybridized carbons (Fsp3) is 1.00. The molecule has 0 aromatic carbocycles. The first-order valence-corrected chi connectivity index (χ1v) is 7.13. The Kier molecular flexibility index (Phi) is 4.06. The lowest BCUT2D eigenvalue weighted by Crippen LogP contribution is -2.32. The number of rotatable bonds is 4. The molecule has 4 atom stereocenters. The van der Waals surface area contributed by atoms with Gasteiger partial charge in [0.1, 0.15) is 0 Å². The van der Waals surface area contributed by atoms with E-state index >= 15 is 0 Å². The highest BCUT2D eigenvalue weighted by Gasteiger charge is 2.42. The number of nitrogens with one attached hydrogen (secondary N) is 1. The molecular formula is C14H25F2N. The third-order valence-electron chi connectivity index (χ3n) is 4.83. The van der Waals surface area contributed by atoms with Crippen LogP contribution in [0, 0.1) is 17.8 Å². The summed E-state index contributed by atoms with van der Waals surface area (Å²) in [6.45, 7) is 5.44. The van der Waals surface area contributed by atoms with E-state index in [9.17, 15) is 8.78 Å². The van der Waals surface area contributed by atoms with Gasteiger partial charge in [0.05, 0.1) is 0 Å². The van der Waals surface area contributed by atoms with Crippen molar-refractivity contribution in [2.75, 3.05) is 6.54 Å². The third-order valence-corrected chi connectivity index (χ3v) is 4.83. The van der Waals surface area contributed by atoms with Gasteiger partial charge >= 0.3 is 0 Å². The first-order valence-electron chi connectivity index (χ1n) is 7.13. The summed E-state index contributed by atoms with van der Waals surface area (Å²) in [6.07, 6.45) is 4.47. The first-order chi connectivity index (χ1) is 8.02. The molecule has 2 saturated carbocycles. The van der Waals surface area contributed by atoms with Gasteiger partial charge in [-0.2, -0.15) is 0 Å². The Hall–Kier alpha value is -0.180. The molecule has 2 fully saturated rings. The first kappa shape index (κ1) is 13.3. The molecule has 2 aliphatic rings. The van der Waals surface area contributed by atoms with Gasteiger partial charge in [-0.25, -0.2) is 8.78 Å². The Morgan fingerprint density at radius 2 is 2.00 bits per heavy atom. The van der Waals surface area contributed by atoms with Crippen LogP contribution in [0.1, 0.15) is 52.4 Å². The fourth-order valence-corrected chi connectivity index (χ4v) is 3.80. The van der Waals surface area contributed by atoms with Crippen LogP contribution >= 0.6 is 0 Å². The van der Waals surface area contributed by atoms with Gasteiger partial charge in [0.25, 0.3) is 0 Å². The molecule has 0 bridgehead atoms. The van der Waals surface area contributed by atoms with E-state index in [1.807, 2.05) is 0 Å². The maximum atomic E-state index is 13.2. The summed E-state index contributed by atoms with van der Waals surface area (Å²) in [7, 11) is 0. The van der Waals surface area contributed by atoms with Crippen LogP contribution in [0.3, 0.4) is 0 Å². The molecule has 2 aliphatic carbocycles. The Morgan fingerprint density at radius 1 is 1.24 bits per heavy atom. The van der Waals surface area contributed by atoms with Crippen molar-refractivity contribution in [2.24, 2.45) is 17.8 Å². The standard InChI is InChI=1S/C14H25F2N/c1-3-17-13-5-4-12(10(13)2)8-11-6-7-14(15,16)9-11/h10-13,17H,3-9H2,1-2H3. The zero-order valence-corrected chi connectivity index (χ0v) is 11.0. The van der Waals surface area contributed by atoms with Gasteiger partial charge in [-0.1, -0.05) is 13.8 Å². The lowest BCUT2D eigenvalue weighted by molar-refractivity contribution is 0.00380. The van der Waals surface area contributed by atoms with Crippen molar-refractivity contribution in [1.82, 2.24) is 5.32 Å². The van der Waals surface area contributed by atoms with E-state index in [4.69, 9.17) is 0 Å². The minimum atomic E-state index is -2.37. The van der Waals surface area contributed by atoms with Crippen LogP contribution in [0.15, 0.2) is 0 Å². The predicted molar refractivity (Wildman–Crippen MR) is 66.3 cm³/mol. The summed E-state index contributed by atoms with van der Waals surface area (Å²) in [6, 6.07) is 0.618. The summed E-state index contributed by atoms with van der Waals surface area (Å²) in [4.78, 5) is 0. The molecule has 2 rings (SSSR count). The van der Waals surface area contributed by atoms with Gasteiger partial charge < -0.3 is 5.32 Å². The molecule has 0 saturated heterocycles. The van der Waals surface area contributed by atoms with Crippen molar-refractivity contribution in [3.05, 3.63) is 0 Å².